The fourth-order valence-corrected chi connectivity index (χ4v) is 1.81. The van der Waals surface area contributed by atoms with E-state index in [4.69, 9.17) is 9.47 Å². The van der Waals surface area contributed by atoms with Crippen molar-refractivity contribution < 1.29 is 19.5 Å². The van der Waals surface area contributed by atoms with Crippen molar-refractivity contribution in [2.75, 3.05) is 7.11 Å². The van der Waals surface area contributed by atoms with Gasteiger partial charge >= 0.3 is 5.69 Å². The molecule has 1 heterocycles. The molecule has 1 aliphatic rings. The van der Waals surface area contributed by atoms with Gasteiger partial charge in [-0.3, -0.25) is 10.1 Å². The van der Waals surface area contributed by atoms with E-state index < -0.39 is 10.5 Å². The molecule has 1 N–H and O–H groups in total. The summed E-state index contributed by atoms with van der Waals surface area (Å²) in [5.41, 5.74) is -0.501. The smallest absolute Gasteiger partial charge is 0.318 e. The number of nitro benzene ring substituents is 1. The first-order valence-corrected chi connectivity index (χ1v) is 5.32. The predicted molar refractivity (Wildman–Crippen MR) is 65.1 cm³/mol. The SMILES string of the molecule is COc1c([N+](=O)[O-])cc2c(c1O)C=CC(C)(C)O2. The number of fused-ring (bicyclic) bond motifs is 1. The van der Waals surface area contributed by atoms with Crippen LogP contribution in [0.25, 0.3) is 6.08 Å². The van der Waals surface area contributed by atoms with Gasteiger partial charge in [0.05, 0.1) is 23.7 Å². The molecule has 0 radical (unpaired) electrons. The van der Waals surface area contributed by atoms with Crippen LogP contribution in [0.4, 0.5) is 5.69 Å². The number of methoxy groups -OCH3 is 1. The Morgan fingerprint density at radius 2 is 2.17 bits per heavy atom. The van der Waals surface area contributed by atoms with Crippen LogP contribution in [0.5, 0.6) is 17.2 Å². The maximum atomic E-state index is 10.9. The normalized spacial score (nSPS) is 15.7. The average Bonchev–Trinajstić information content (AvgIpc) is 2.26. The molecule has 1 aromatic rings. The van der Waals surface area contributed by atoms with E-state index in [0.29, 0.717) is 5.56 Å². The quantitative estimate of drug-likeness (QED) is 0.645. The molecule has 0 fully saturated rings. The number of nitrogens with zero attached hydrogens (tertiary/aromatic N) is 1. The fraction of sp³-hybridized carbons (Fsp3) is 0.333. The van der Waals surface area contributed by atoms with Gasteiger partial charge < -0.3 is 14.6 Å². The first kappa shape index (κ1) is 12.2. The summed E-state index contributed by atoms with van der Waals surface area (Å²) in [7, 11) is 1.27. The molecule has 0 aromatic heterocycles. The molecule has 6 heteroatoms. The van der Waals surface area contributed by atoms with Gasteiger partial charge in [0, 0.05) is 0 Å². The second-order valence-corrected chi connectivity index (χ2v) is 4.49. The zero-order chi connectivity index (χ0) is 13.5. The highest BCUT2D eigenvalue weighted by atomic mass is 16.6. The molecule has 1 aliphatic heterocycles. The lowest BCUT2D eigenvalue weighted by Gasteiger charge is -2.28. The molecule has 2 rings (SSSR count). The zero-order valence-electron chi connectivity index (χ0n) is 10.3. The monoisotopic (exact) mass is 251 g/mol. The van der Waals surface area contributed by atoms with E-state index in [1.165, 1.54) is 13.2 Å². The Morgan fingerprint density at radius 3 is 2.72 bits per heavy atom. The van der Waals surface area contributed by atoms with Crippen LogP contribution in [-0.2, 0) is 0 Å². The number of hydrogen-bond acceptors (Lipinski definition) is 5. The lowest BCUT2D eigenvalue weighted by Crippen LogP contribution is -2.27. The maximum absolute atomic E-state index is 10.9. The Kier molecular flexibility index (Phi) is 2.65. The molecule has 18 heavy (non-hydrogen) atoms. The van der Waals surface area contributed by atoms with E-state index in [1.54, 1.807) is 12.2 Å². The summed E-state index contributed by atoms with van der Waals surface area (Å²) in [5, 5.41) is 20.9. The number of benzene rings is 1. The number of phenols is 1. The second-order valence-electron chi connectivity index (χ2n) is 4.49. The van der Waals surface area contributed by atoms with Crippen molar-refractivity contribution >= 4 is 11.8 Å². The molecule has 0 unspecified atom stereocenters. The molecule has 0 spiro atoms. The number of phenolic OH excluding ortho intramolecular Hbond substituents is 1. The highest BCUT2D eigenvalue weighted by Crippen LogP contribution is 2.47. The van der Waals surface area contributed by atoms with Gasteiger partial charge in [-0.25, -0.2) is 0 Å². The van der Waals surface area contributed by atoms with Crippen LogP contribution in [0.3, 0.4) is 0 Å². The number of aromatic hydroxyl groups is 1. The van der Waals surface area contributed by atoms with Crippen LogP contribution in [0.1, 0.15) is 19.4 Å². The number of rotatable bonds is 2. The van der Waals surface area contributed by atoms with E-state index in [1.807, 2.05) is 13.8 Å². The third kappa shape index (κ3) is 1.85. The minimum absolute atomic E-state index is 0.160. The summed E-state index contributed by atoms with van der Waals surface area (Å²) in [6.07, 6.45) is 3.43. The van der Waals surface area contributed by atoms with Gasteiger partial charge in [-0.1, -0.05) is 0 Å². The Morgan fingerprint density at radius 1 is 1.50 bits per heavy atom. The lowest BCUT2D eigenvalue weighted by molar-refractivity contribution is -0.385. The molecule has 0 aliphatic carbocycles. The van der Waals surface area contributed by atoms with E-state index >= 15 is 0 Å². The van der Waals surface area contributed by atoms with Crippen molar-refractivity contribution in [3.8, 4) is 17.2 Å². The average molecular weight is 251 g/mol. The molecule has 0 saturated heterocycles. The zero-order valence-corrected chi connectivity index (χ0v) is 10.3. The topological polar surface area (TPSA) is 81.8 Å². The van der Waals surface area contributed by atoms with E-state index in [9.17, 15) is 15.2 Å². The number of hydrogen-bond donors (Lipinski definition) is 1. The third-order valence-electron chi connectivity index (χ3n) is 2.66. The van der Waals surface area contributed by atoms with Crippen LogP contribution in [-0.4, -0.2) is 22.7 Å². The summed E-state index contributed by atoms with van der Waals surface area (Å²) < 4.78 is 10.5. The molecule has 0 atom stereocenters. The van der Waals surface area contributed by atoms with Gasteiger partial charge in [-0.05, 0) is 26.0 Å². The van der Waals surface area contributed by atoms with Crippen LogP contribution in [0, 0.1) is 10.1 Å². The number of nitro groups is 1. The van der Waals surface area contributed by atoms with Crippen molar-refractivity contribution in [1.82, 2.24) is 0 Å². The van der Waals surface area contributed by atoms with E-state index in [2.05, 4.69) is 0 Å². The maximum Gasteiger partial charge on any atom is 0.318 e. The first-order chi connectivity index (χ1) is 8.35. The Hall–Kier alpha value is -2.24. The Balaban J connectivity index is 2.68. The van der Waals surface area contributed by atoms with Crippen molar-refractivity contribution in [3.63, 3.8) is 0 Å². The highest BCUT2D eigenvalue weighted by molar-refractivity contribution is 5.75. The minimum atomic E-state index is -0.618. The van der Waals surface area contributed by atoms with Gasteiger partial charge in [0.15, 0.2) is 5.75 Å². The van der Waals surface area contributed by atoms with Gasteiger partial charge in [0.2, 0.25) is 5.75 Å². The summed E-state index contributed by atoms with van der Waals surface area (Å²) in [4.78, 5) is 10.3. The molecule has 0 saturated carbocycles. The molecule has 6 nitrogen and oxygen atoms in total. The van der Waals surface area contributed by atoms with Crippen LogP contribution in [0.2, 0.25) is 0 Å². The standard InChI is InChI=1S/C12H13NO5/c1-12(2)5-4-7-9(18-12)6-8(13(15)16)11(17-3)10(7)14/h4-6,14H,1-3H3. The minimum Gasteiger partial charge on any atom is -0.504 e. The molecular formula is C12H13NO5. The lowest BCUT2D eigenvalue weighted by atomic mass is 10.0. The Bertz CT molecular complexity index is 548. The Labute approximate surface area is 104 Å². The molecule has 0 bridgehead atoms. The molecular weight excluding hydrogens is 238 g/mol. The second kappa shape index (κ2) is 3.90. The third-order valence-corrected chi connectivity index (χ3v) is 2.66. The van der Waals surface area contributed by atoms with Crippen molar-refractivity contribution in [2.24, 2.45) is 0 Å². The van der Waals surface area contributed by atoms with Gasteiger partial charge in [0.1, 0.15) is 11.4 Å². The summed E-state index contributed by atoms with van der Waals surface area (Å²) >= 11 is 0. The summed E-state index contributed by atoms with van der Waals surface area (Å²) in [6.45, 7) is 3.64. The van der Waals surface area contributed by atoms with E-state index in [0.717, 1.165) is 0 Å². The highest BCUT2D eigenvalue weighted by Gasteiger charge is 2.30. The molecule has 0 amide bonds. The van der Waals surface area contributed by atoms with Gasteiger partial charge in [0.25, 0.3) is 0 Å². The first-order valence-electron chi connectivity index (χ1n) is 5.32. The number of ether oxygens (including phenoxy) is 2. The van der Waals surface area contributed by atoms with Gasteiger partial charge in [-0.2, -0.15) is 0 Å². The predicted octanol–water partition coefficient (Wildman–Crippen LogP) is 2.49. The van der Waals surface area contributed by atoms with Crippen LogP contribution >= 0.6 is 0 Å². The molecule has 1 aromatic carbocycles. The molecule has 96 valence electrons. The largest absolute Gasteiger partial charge is 0.504 e. The van der Waals surface area contributed by atoms with Crippen molar-refractivity contribution in [1.29, 1.82) is 0 Å². The van der Waals surface area contributed by atoms with Crippen molar-refractivity contribution in [3.05, 3.63) is 27.8 Å². The van der Waals surface area contributed by atoms with E-state index in [-0.39, 0.29) is 22.9 Å². The fourth-order valence-electron chi connectivity index (χ4n) is 1.81. The van der Waals surface area contributed by atoms with Crippen molar-refractivity contribution in [2.45, 2.75) is 19.4 Å². The van der Waals surface area contributed by atoms with Gasteiger partial charge in [-0.15, -0.1) is 0 Å². The summed E-state index contributed by atoms with van der Waals surface area (Å²) in [5.74, 6) is -0.173. The van der Waals surface area contributed by atoms with Crippen LogP contribution < -0.4 is 9.47 Å². The summed E-state index contributed by atoms with van der Waals surface area (Å²) in [6, 6.07) is 1.26. The van der Waals surface area contributed by atoms with Crippen LogP contribution in [0.15, 0.2) is 12.1 Å².